The summed E-state index contributed by atoms with van der Waals surface area (Å²) >= 11 is 2.92. The molecule has 0 aliphatic carbocycles. The predicted molar refractivity (Wildman–Crippen MR) is 87.8 cm³/mol. The molecule has 2 aromatic carbocycles. The fourth-order valence-corrected chi connectivity index (χ4v) is 2.42. The van der Waals surface area contributed by atoms with Gasteiger partial charge in [-0.2, -0.15) is 0 Å². The van der Waals surface area contributed by atoms with Crippen LogP contribution in [0.25, 0.3) is 0 Å². The number of carbonyl (C=O) groups is 2. The Hall–Kier alpha value is -2.48. The van der Waals surface area contributed by atoms with Crippen molar-refractivity contribution in [3.05, 3.63) is 64.1 Å². The highest BCUT2D eigenvalue weighted by Crippen LogP contribution is 2.23. The van der Waals surface area contributed by atoms with Gasteiger partial charge in [0.15, 0.2) is 11.6 Å². The van der Waals surface area contributed by atoms with Gasteiger partial charge in [0.25, 0.3) is 0 Å². The maximum absolute atomic E-state index is 13.7. The summed E-state index contributed by atoms with van der Waals surface area (Å²) in [4.78, 5) is 23.1. The molecule has 2 amide bonds. The first-order valence-corrected chi connectivity index (χ1v) is 7.65. The van der Waals surface area contributed by atoms with Crippen LogP contribution in [0.5, 0.6) is 0 Å². The molecule has 0 saturated heterocycles. The van der Waals surface area contributed by atoms with E-state index in [0.717, 1.165) is 12.1 Å². The van der Waals surface area contributed by atoms with E-state index in [9.17, 15) is 23.5 Å². The number of carboxylic acids is 1. The minimum atomic E-state index is -1.26. The van der Waals surface area contributed by atoms with Gasteiger partial charge in [-0.3, -0.25) is 0 Å². The maximum atomic E-state index is 13.7. The lowest BCUT2D eigenvalue weighted by molar-refractivity contribution is -0.139. The van der Waals surface area contributed by atoms with E-state index >= 15 is 0 Å². The molecular formula is C16H13BrF2N2O3. The van der Waals surface area contributed by atoms with Gasteiger partial charge in [0.2, 0.25) is 0 Å². The second-order valence-electron chi connectivity index (χ2n) is 4.92. The zero-order valence-electron chi connectivity index (χ0n) is 12.2. The molecule has 0 aliphatic heterocycles. The number of nitrogens with one attached hydrogen (secondary N) is 2. The van der Waals surface area contributed by atoms with Crippen LogP contribution >= 0.6 is 15.9 Å². The normalized spacial score (nSPS) is 11.6. The summed E-state index contributed by atoms with van der Waals surface area (Å²) in [6, 6.07) is 8.38. The Labute approximate surface area is 144 Å². The van der Waals surface area contributed by atoms with Gasteiger partial charge in [-0.05, 0) is 17.7 Å². The number of aliphatic carboxylic acids is 1. The van der Waals surface area contributed by atoms with Gasteiger partial charge in [-0.15, -0.1) is 0 Å². The van der Waals surface area contributed by atoms with Crippen LogP contribution in [0, 0.1) is 11.6 Å². The number of benzene rings is 2. The van der Waals surface area contributed by atoms with Crippen molar-refractivity contribution in [3.63, 3.8) is 0 Å². The molecule has 0 radical (unpaired) electrons. The summed E-state index contributed by atoms with van der Waals surface area (Å²) in [6.07, 6.45) is 0.0366. The number of anilines is 1. The SMILES string of the molecule is O=C(Nc1c(F)cc(Br)cc1F)N[C@@H](Cc1ccccc1)C(=O)O. The number of hydrogen-bond donors (Lipinski definition) is 3. The Balaban J connectivity index is 2.07. The molecule has 2 aromatic rings. The first-order valence-electron chi connectivity index (χ1n) is 6.85. The van der Waals surface area contributed by atoms with Crippen LogP contribution in [-0.2, 0) is 11.2 Å². The molecule has 5 nitrogen and oxygen atoms in total. The Bertz CT molecular complexity index is 733. The molecule has 3 N–H and O–H groups in total. The van der Waals surface area contributed by atoms with Crippen LogP contribution in [0.1, 0.15) is 5.56 Å². The molecule has 0 fully saturated rings. The van der Waals surface area contributed by atoms with E-state index in [4.69, 9.17) is 0 Å². The predicted octanol–water partition coefficient (Wildman–Crippen LogP) is 3.54. The van der Waals surface area contributed by atoms with Crippen molar-refractivity contribution in [3.8, 4) is 0 Å². The van der Waals surface area contributed by atoms with Crippen molar-refractivity contribution in [2.24, 2.45) is 0 Å². The summed E-state index contributed by atoms with van der Waals surface area (Å²) in [5.74, 6) is -3.22. The average Bonchev–Trinajstić information content (AvgIpc) is 2.51. The maximum Gasteiger partial charge on any atom is 0.326 e. The smallest absolute Gasteiger partial charge is 0.326 e. The summed E-state index contributed by atoms with van der Waals surface area (Å²) < 4.78 is 27.5. The first kappa shape index (κ1) is 17.9. The number of rotatable bonds is 5. The average molecular weight is 399 g/mol. The van der Waals surface area contributed by atoms with E-state index in [1.54, 1.807) is 30.3 Å². The number of carbonyl (C=O) groups excluding carboxylic acids is 1. The molecule has 0 bridgehead atoms. The van der Waals surface area contributed by atoms with Gasteiger partial charge in [0.1, 0.15) is 11.7 Å². The van der Waals surface area contributed by atoms with E-state index in [1.807, 2.05) is 5.32 Å². The van der Waals surface area contributed by atoms with Crippen molar-refractivity contribution in [1.82, 2.24) is 5.32 Å². The Morgan fingerprint density at radius 3 is 2.25 bits per heavy atom. The lowest BCUT2D eigenvalue weighted by atomic mass is 10.1. The highest BCUT2D eigenvalue weighted by Gasteiger charge is 2.22. The van der Waals surface area contributed by atoms with Crippen molar-refractivity contribution in [2.45, 2.75) is 12.5 Å². The highest BCUT2D eigenvalue weighted by molar-refractivity contribution is 9.10. The van der Waals surface area contributed by atoms with Gasteiger partial charge in [-0.1, -0.05) is 46.3 Å². The fraction of sp³-hybridized carbons (Fsp3) is 0.125. The van der Waals surface area contributed by atoms with Gasteiger partial charge in [0, 0.05) is 10.9 Å². The van der Waals surface area contributed by atoms with Crippen LogP contribution in [0.2, 0.25) is 0 Å². The Kier molecular flexibility index (Phi) is 5.86. The van der Waals surface area contributed by atoms with Crippen LogP contribution in [0.15, 0.2) is 46.9 Å². The van der Waals surface area contributed by atoms with E-state index in [2.05, 4.69) is 21.2 Å². The summed E-state index contributed by atoms with van der Waals surface area (Å²) in [6.45, 7) is 0. The van der Waals surface area contributed by atoms with Crippen LogP contribution < -0.4 is 10.6 Å². The first-order chi connectivity index (χ1) is 11.4. The highest BCUT2D eigenvalue weighted by atomic mass is 79.9. The number of carboxylic acid groups (broad SMARTS) is 1. The van der Waals surface area contributed by atoms with Crippen molar-refractivity contribution >= 4 is 33.6 Å². The monoisotopic (exact) mass is 398 g/mol. The van der Waals surface area contributed by atoms with Crippen molar-refractivity contribution in [1.29, 1.82) is 0 Å². The quantitative estimate of drug-likeness (QED) is 0.720. The molecule has 0 saturated carbocycles. The number of hydrogen-bond acceptors (Lipinski definition) is 2. The van der Waals surface area contributed by atoms with Crippen molar-refractivity contribution < 1.29 is 23.5 Å². The molecule has 126 valence electrons. The Morgan fingerprint density at radius 1 is 1.12 bits per heavy atom. The molecule has 8 heteroatoms. The number of urea groups is 1. The second kappa shape index (κ2) is 7.87. The molecule has 0 heterocycles. The largest absolute Gasteiger partial charge is 0.480 e. The van der Waals surface area contributed by atoms with Crippen LogP contribution in [0.4, 0.5) is 19.3 Å². The fourth-order valence-electron chi connectivity index (χ4n) is 2.02. The number of amides is 2. The molecule has 0 unspecified atom stereocenters. The third-order valence-corrected chi connectivity index (χ3v) is 3.59. The molecule has 0 aliphatic rings. The third kappa shape index (κ3) is 4.76. The lowest BCUT2D eigenvalue weighted by Crippen LogP contribution is -2.44. The summed E-state index contributed by atoms with van der Waals surface area (Å²) in [7, 11) is 0. The molecule has 24 heavy (non-hydrogen) atoms. The van der Waals surface area contributed by atoms with E-state index in [1.165, 1.54) is 0 Å². The van der Waals surface area contributed by atoms with Crippen LogP contribution in [-0.4, -0.2) is 23.1 Å². The second-order valence-corrected chi connectivity index (χ2v) is 5.84. The number of halogens is 3. The van der Waals surface area contributed by atoms with Gasteiger partial charge in [0.05, 0.1) is 0 Å². The van der Waals surface area contributed by atoms with Gasteiger partial charge >= 0.3 is 12.0 Å². The molecular weight excluding hydrogens is 386 g/mol. The van der Waals surface area contributed by atoms with Gasteiger partial charge < -0.3 is 15.7 Å². The molecule has 0 spiro atoms. The van der Waals surface area contributed by atoms with Crippen LogP contribution in [0.3, 0.4) is 0 Å². The molecule has 0 aromatic heterocycles. The zero-order chi connectivity index (χ0) is 17.7. The zero-order valence-corrected chi connectivity index (χ0v) is 13.8. The van der Waals surface area contributed by atoms with E-state index in [-0.39, 0.29) is 10.9 Å². The Morgan fingerprint density at radius 2 is 1.71 bits per heavy atom. The minimum absolute atomic E-state index is 0.0366. The lowest BCUT2D eigenvalue weighted by Gasteiger charge is -2.16. The van der Waals surface area contributed by atoms with E-state index in [0.29, 0.717) is 5.56 Å². The topological polar surface area (TPSA) is 78.4 Å². The summed E-state index contributed by atoms with van der Waals surface area (Å²) in [5, 5.41) is 13.4. The minimum Gasteiger partial charge on any atom is -0.480 e. The van der Waals surface area contributed by atoms with Gasteiger partial charge in [-0.25, -0.2) is 18.4 Å². The third-order valence-electron chi connectivity index (χ3n) is 3.13. The standard InChI is InChI=1S/C16H13BrF2N2O3/c17-10-7-11(18)14(12(19)8-10)21-16(24)20-13(15(22)23)6-9-4-2-1-3-5-9/h1-5,7-8,13H,6H2,(H,22,23)(H2,20,21,24)/t13-/m0/s1. The van der Waals surface area contributed by atoms with E-state index < -0.39 is 35.4 Å². The van der Waals surface area contributed by atoms with Crippen molar-refractivity contribution in [2.75, 3.05) is 5.32 Å². The molecule has 1 atom stereocenters. The summed E-state index contributed by atoms with van der Waals surface area (Å²) in [5.41, 5.74) is 0.0470. The molecule has 2 rings (SSSR count).